The summed E-state index contributed by atoms with van der Waals surface area (Å²) < 4.78 is 13.2. The van der Waals surface area contributed by atoms with E-state index in [1.54, 1.807) is 6.07 Å². The second kappa shape index (κ2) is 3.65. The highest BCUT2D eigenvalue weighted by molar-refractivity contribution is 5.72. The van der Waals surface area contributed by atoms with Gasteiger partial charge in [0.1, 0.15) is 5.82 Å². The standard InChI is InChI=1S/C13H17FN2/c14-10-4-5-11-12(8-10)16-13(9-15-11)6-2-1-3-7-13/h4-5,8,15-16H,1-3,6-7,9H2. The average molecular weight is 220 g/mol. The summed E-state index contributed by atoms with van der Waals surface area (Å²) in [4.78, 5) is 0. The summed E-state index contributed by atoms with van der Waals surface area (Å²) in [6, 6.07) is 4.91. The molecule has 86 valence electrons. The van der Waals surface area contributed by atoms with Crippen molar-refractivity contribution in [2.45, 2.75) is 37.6 Å². The van der Waals surface area contributed by atoms with Crippen LogP contribution in [0.1, 0.15) is 32.1 Å². The van der Waals surface area contributed by atoms with Crippen LogP contribution in [0.3, 0.4) is 0 Å². The lowest BCUT2D eigenvalue weighted by molar-refractivity contribution is 0.334. The van der Waals surface area contributed by atoms with Gasteiger partial charge in [0.2, 0.25) is 0 Å². The fourth-order valence-electron chi connectivity index (χ4n) is 2.90. The fourth-order valence-corrected chi connectivity index (χ4v) is 2.90. The van der Waals surface area contributed by atoms with Crippen molar-refractivity contribution >= 4 is 11.4 Å². The molecular weight excluding hydrogens is 203 g/mol. The lowest BCUT2D eigenvalue weighted by atomic mass is 9.80. The van der Waals surface area contributed by atoms with Crippen LogP contribution >= 0.6 is 0 Å². The molecular formula is C13H17FN2. The minimum Gasteiger partial charge on any atom is -0.381 e. The van der Waals surface area contributed by atoms with E-state index in [0.29, 0.717) is 0 Å². The minimum atomic E-state index is -0.166. The zero-order valence-electron chi connectivity index (χ0n) is 9.35. The van der Waals surface area contributed by atoms with Gasteiger partial charge in [0.05, 0.1) is 16.9 Å². The Labute approximate surface area is 95.2 Å². The molecule has 0 aromatic heterocycles. The van der Waals surface area contributed by atoms with Gasteiger partial charge < -0.3 is 10.6 Å². The monoisotopic (exact) mass is 220 g/mol. The quantitative estimate of drug-likeness (QED) is 0.700. The first-order valence-electron chi connectivity index (χ1n) is 6.09. The molecule has 0 amide bonds. The SMILES string of the molecule is Fc1ccc2c(c1)NC1(CCCCC1)CN2. The maximum Gasteiger partial charge on any atom is 0.125 e. The molecule has 1 aliphatic carbocycles. The van der Waals surface area contributed by atoms with Crippen LogP contribution in [0, 0.1) is 5.82 Å². The first-order chi connectivity index (χ1) is 7.77. The maximum absolute atomic E-state index is 13.2. The van der Waals surface area contributed by atoms with E-state index in [0.717, 1.165) is 17.9 Å². The Morgan fingerprint density at radius 1 is 1.06 bits per heavy atom. The largest absolute Gasteiger partial charge is 0.381 e. The summed E-state index contributed by atoms with van der Waals surface area (Å²) in [5, 5.41) is 6.97. The lowest BCUT2D eigenvalue weighted by Crippen LogP contribution is -2.49. The van der Waals surface area contributed by atoms with Gasteiger partial charge in [0.15, 0.2) is 0 Å². The molecule has 16 heavy (non-hydrogen) atoms. The topological polar surface area (TPSA) is 24.1 Å². The predicted molar refractivity (Wildman–Crippen MR) is 64.3 cm³/mol. The van der Waals surface area contributed by atoms with Crippen molar-refractivity contribution in [1.82, 2.24) is 0 Å². The Morgan fingerprint density at radius 2 is 1.88 bits per heavy atom. The summed E-state index contributed by atoms with van der Waals surface area (Å²) in [6.07, 6.45) is 6.27. The van der Waals surface area contributed by atoms with Crippen LogP contribution in [0.4, 0.5) is 15.8 Å². The van der Waals surface area contributed by atoms with E-state index in [1.165, 1.54) is 38.2 Å². The van der Waals surface area contributed by atoms with E-state index in [9.17, 15) is 4.39 Å². The molecule has 3 rings (SSSR count). The van der Waals surface area contributed by atoms with E-state index in [2.05, 4.69) is 10.6 Å². The third kappa shape index (κ3) is 1.64. The molecule has 1 saturated carbocycles. The van der Waals surface area contributed by atoms with Gasteiger partial charge in [0, 0.05) is 6.54 Å². The Bertz CT molecular complexity index is 397. The molecule has 2 aliphatic rings. The summed E-state index contributed by atoms with van der Waals surface area (Å²) >= 11 is 0. The van der Waals surface area contributed by atoms with Crippen molar-refractivity contribution in [3.05, 3.63) is 24.0 Å². The van der Waals surface area contributed by atoms with Crippen LogP contribution in [0.2, 0.25) is 0 Å². The number of halogens is 1. The molecule has 0 atom stereocenters. The molecule has 2 N–H and O–H groups in total. The van der Waals surface area contributed by atoms with Gasteiger partial charge in [0.25, 0.3) is 0 Å². The Kier molecular flexibility index (Phi) is 2.27. The van der Waals surface area contributed by atoms with Crippen LogP contribution in [-0.2, 0) is 0 Å². The number of anilines is 2. The number of nitrogens with one attached hydrogen (secondary N) is 2. The molecule has 0 unspecified atom stereocenters. The first-order valence-corrected chi connectivity index (χ1v) is 6.09. The van der Waals surface area contributed by atoms with Crippen molar-refractivity contribution in [1.29, 1.82) is 0 Å². The highest BCUT2D eigenvalue weighted by Crippen LogP contribution is 2.38. The lowest BCUT2D eigenvalue weighted by Gasteiger charge is -2.43. The van der Waals surface area contributed by atoms with Crippen molar-refractivity contribution < 1.29 is 4.39 Å². The summed E-state index contributed by atoms with van der Waals surface area (Å²) in [5.41, 5.74) is 2.12. The van der Waals surface area contributed by atoms with Gasteiger partial charge in [-0.1, -0.05) is 19.3 Å². The number of rotatable bonds is 0. The van der Waals surface area contributed by atoms with Gasteiger partial charge in [-0.05, 0) is 31.0 Å². The summed E-state index contributed by atoms with van der Waals surface area (Å²) in [7, 11) is 0. The number of fused-ring (bicyclic) bond motifs is 1. The van der Waals surface area contributed by atoms with Gasteiger partial charge in [-0.25, -0.2) is 4.39 Å². The van der Waals surface area contributed by atoms with Crippen LogP contribution in [0.15, 0.2) is 18.2 Å². The third-order valence-corrected chi connectivity index (χ3v) is 3.81. The van der Waals surface area contributed by atoms with E-state index in [1.807, 2.05) is 6.07 Å². The summed E-state index contributed by atoms with van der Waals surface area (Å²) in [5.74, 6) is -0.166. The molecule has 1 aromatic rings. The molecule has 0 bridgehead atoms. The van der Waals surface area contributed by atoms with Crippen molar-refractivity contribution in [2.75, 3.05) is 17.2 Å². The highest BCUT2D eigenvalue weighted by atomic mass is 19.1. The van der Waals surface area contributed by atoms with Gasteiger partial charge >= 0.3 is 0 Å². The number of hydrogen-bond acceptors (Lipinski definition) is 2. The van der Waals surface area contributed by atoms with Crippen LogP contribution < -0.4 is 10.6 Å². The zero-order valence-corrected chi connectivity index (χ0v) is 9.35. The Hall–Kier alpha value is -1.25. The van der Waals surface area contributed by atoms with Crippen LogP contribution in [0.25, 0.3) is 0 Å². The predicted octanol–water partition coefficient (Wildman–Crippen LogP) is 3.37. The minimum absolute atomic E-state index is 0.166. The molecule has 3 heteroatoms. The third-order valence-electron chi connectivity index (χ3n) is 3.81. The van der Waals surface area contributed by atoms with Gasteiger partial charge in [-0.2, -0.15) is 0 Å². The maximum atomic E-state index is 13.2. The molecule has 0 saturated heterocycles. The zero-order chi connectivity index (χ0) is 11.0. The molecule has 1 heterocycles. The van der Waals surface area contributed by atoms with Crippen molar-refractivity contribution in [2.24, 2.45) is 0 Å². The van der Waals surface area contributed by atoms with E-state index in [4.69, 9.17) is 0 Å². The van der Waals surface area contributed by atoms with Crippen molar-refractivity contribution in [3.63, 3.8) is 0 Å². The number of hydrogen-bond donors (Lipinski definition) is 2. The average Bonchev–Trinajstić information content (AvgIpc) is 2.29. The summed E-state index contributed by atoms with van der Waals surface area (Å²) in [6.45, 7) is 0.964. The first kappa shape index (κ1) is 9.94. The second-order valence-electron chi connectivity index (χ2n) is 5.01. The Balaban J connectivity index is 1.89. The molecule has 2 nitrogen and oxygen atoms in total. The van der Waals surface area contributed by atoms with Crippen molar-refractivity contribution in [3.8, 4) is 0 Å². The highest BCUT2D eigenvalue weighted by Gasteiger charge is 2.34. The molecule has 1 spiro atoms. The normalized spacial score (nSPS) is 22.1. The fraction of sp³-hybridized carbons (Fsp3) is 0.538. The van der Waals surface area contributed by atoms with E-state index in [-0.39, 0.29) is 11.4 Å². The van der Waals surface area contributed by atoms with E-state index < -0.39 is 0 Å². The number of benzene rings is 1. The smallest absolute Gasteiger partial charge is 0.125 e. The van der Waals surface area contributed by atoms with E-state index >= 15 is 0 Å². The Morgan fingerprint density at radius 3 is 2.69 bits per heavy atom. The van der Waals surface area contributed by atoms with Gasteiger partial charge in [-0.3, -0.25) is 0 Å². The second-order valence-corrected chi connectivity index (χ2v) is 5.01. The molecule has 1 aromatic carbocycles. The van der Waals surface area contributed by atoms with Crippen LogP contribution in [-0.4, -0.2) is 12.1 Å². The molecule has 0 radical (unpaired) electrons. The molecule has 1 aliphatic heterocycles. The van der Waals surface area contributed by atoms with Gasteiger partial charge in [-0.15, -0.1) is 0 Å². The molecule has 1 fully saturated rings. The van der Waals surface area contributed by atoms with Crippen LogP contribution in [0.5, 0.6) is 0 Å².